The summed E-state index contributed by atoms with van der Waals surface area (Å²) in [6, 6.07) is 0. The van der Waals surface area contributed by atoms with Gasteiger partial charge in [-0.3, -0.25) is 4.79 Å². The van der Waals surface area contributed by atoms with Crippen molar-refractivity contribution < 1.29 is 4.79 Å². The number of rotatable bonds is 2. The zero-order valence-corrected chi connectivity index (χ0v) is 11.4. The third kappa shape index (κ3) is 1.92. The van der Waals surface area contributed by atoms with Gasteiger partial charge in [-0.1, -0.05) is 11.3 Å². The molecule has 0 N–H and O–H groups in total. The van der Waals surface area contributed by atoms with E-state index in [0.717, 1.165) is 49.6 Å². The molecule has 2 aromatic rings. The number of hydrogen-bond donors (Lipinski definition) is 0. The highest BCUT2D eigenvalue weighted by Crippen LogP contribution is 2.39. The van der Waals surface area contributed by atoms with Crippen LogP contribution < -0.4 is 0 Å². The standard InChI is InChI=1S/C12H15N5OS/c18-11(16-6-2-1-3-7-16)10-15-17-9(8-4-5-8)13-14-12(17)19-10/h8H,1-7H2. The van der Waals surface area contributed by atoms with Crippen molar-refractivity contribution in [1.29, 1.82) is 0 Å². The van der Waals surface area contributed by atoms with Crippen LogP contribution in [0.5, 0.6) is 0 Å². The summed E-state index contributed by atoms with van der Waals surface area (Å²) in [4.78, 5) is 15.0. The lowest BCUT2D eigenvalue weighted by molar-refractivity contribution is 0.0722. The summed E-state index contributed by atoms with van der Waals surface area (Å²) in [5.74, 6) is 1.47. The van der Waals surface area contributed by atoms with Crippen LogP contribution in [0, 0.1) is 0 Å². The number of likely N-dealkylation sites (tertiary alicyclic amines) is 1. The van der Waals surface area contributed by atoms with E-state index in [2.05, 4.69) is 15.3 Å². The number of piperidine rings is 1. The van der Waals surface area contributed by atoms with Crippen molar-refractivity contribution in [2.45, 2.75) is 38.0 Å². The summed E-state index contributed by atoms with van der Waals surface area (Å²) in [5.41, 5.74) is 0. The van der Waals surface area contributed by atoms with Gasteiger partial charge in [0.05, 0.1) is 0 Å². The highest BCUT2D eigenvalue weighted by Gasteiger charge is 2.31. The van der Waals surface area contributed by atoms with Gasteiger partial charge in [-0.05, 0) is 32.1 Å². The van der Waals surface area contributed by atoms with Crippen LogP contribution in [0.1, 0.15) is 53.6 Å². The molecule has 0 radical (unpaired) electrons. The van der Waals surface area contributed by atoms with E-state index in [1.54, 1.807) is 4.52 Å². The number of fused-ring (bicyclic) bond motifs is 1. The lowest BCUT2D eigenvalue weighted by Gasteiger charge is -2.25. The van der Waals surface area contributed by atoms with Gasteiger partial charge in [0.2, 0.25) is 9.97 Å². The largest absolute Gasteiger partial charge is 0.337 e. The maximum Gasteiger partial charge on any atom is 0.284 e. The van der Waals surface area contributed by atoms with Crippen LogP contribution in [0.25, 0.3) is 4.96 Å². The monoisotopic (exact) mass is 277 g/mol. The smallest absolute Gasteiger partial charge is 0.284 e. The van der Waals surface area contributed by atoms with Gasteiger partial charge >= 0.3 is 0 Å². The molecule has 0 unspecified atom stereocenters. The molecule has 0 atom stereocenters. The van der Waals surface area contributed by atoms with Crippen LogP contribution in [0.4, 0.5) is 0 Å². The van der Waals surface area contributed by atoms with Crippen LogP contribution in [0.2, 0.25) is 0 Å². The number of carbonyl (C=O) groups is 1. The topological polar surface area (TPSA) is 63.4 Å². The second kappa shape index (κ2) is 4.26. The fraction of sp³-hybridized carbons (Fsp3) is 0.667. The number of nitrogens with zero attached hydrogens (tertiary/aromatic N) is 5. The molecule has 1 aliphatic heterocycles. The summed E-state index contributed by atoms with van der Waals surface area (Å²) >= 11 is 1.35. The summed E-state index contributed by atoms with van der Waals surface area (Å²) in [6.07, 6.45) is 5.74. The maximum atomic E-state index is 12.4. The number of amides is 1. The average Bonchev–Trinajstić information content (AvgIpc) is 3.08. The van der Waals surface area contributed by atoms with Crippen molar-refractivity contribution in [1.82, 2.24) is 24.7 Å². The van der Waals surface area contributed by atoms with E-state index >= 15 is 0 Å². The first kappa shape index (κ1) is 11.3. The van der Waals surface area contributed by atoms with E-state index in [1.165, 1.54) is 17.8 Å². The quantitative estimate of drug-likeness (QED) is 0.838. The Hall–Kier alpha value is -1.50. The Balaban J connectivity index is 1.65. The van der Waals surface area contributed by atoms with Crippen molar-refractivity contribution in [3.8, 4) is 0 Å². The van der Waals surface area contributed by atoms with E-state index in [9.17, 15) is 4.79 Å². The van der Waals surface area contributed by atoms with Crippen molar-refractivity contribution in [3.05, 3.63) is 10.8 Å². The average molecular weight is 277 g/mol. The molecule has 1 aliphatic carbocycles. The molecule has 0 spiro atoms. The number of aromatic nitrogens is 4. The van der Waals surface area contributed by atoms with Crippen molar-refractivity contribution in [3.63, 3.8) is 0 Å². The fourth-order valence-corrected chi connectivity index (χ4v) is 3.36. The normalized spacial score (nSPS) is 20.1. The Morgan fingerprint density at radius 2 is 1.95 bits per heavy atom. The Bertz CT molecular complexity index is 623. The molecule has 0 bridgehead atoms. The third-order valence-electron chi connectivity index (χ3n) is 3.78. The van der Waals surface area contributed by atoms with E-state index < -0.39 is 0 Å². The molecule has 2 aromatic heterocycles. The minimum atomic E-state index is 0.0527. The lowest BCUT2D eigenvalue weighted by atomic mass is 10.1. The Morgan fingerprint density at radius 3 is 2.68 bits per heavy atom. The molecule has 2 aliphatic rings. The molecular formula is C12H15N5OS. The van der Waals surface area contributed by atoms with Gasteiger partial charge in [0.1, 0.15) is 0 Å². The molecule has 1 amide bonds. The first-order valence-corrected chi connectivity index (χ1v) is 7.66. The summed E-state index contributed by atoms with van der Waals surface area (Å²) < 4.78 is 1.76. The van der Waals surface area contributed by atoms with E-state index in [1.807, 2.05) is 4.90 Å². The van der Waals surface area contributed by atoms with Gasteiger partial charge in [-0.25, -0.2) is 0 Å². The zero-order chi connectivity index (χ0) is 12.8. The Kier molecular flexibility index (Phi) is 2.54. The van der Waals surface area contributed by atoms with Gasteiger partial charge < -0.3 is 4.90 Å². The maximum absolute atomic E-state index is 12.4. The molecule has 7 heteroatoms. The van der Waals surface area contributed by atoms with E-state index in [0.29, 0.717) is 10.9 Å². The summed E-state index contributed by atoms with van der Waals surface area (Å²) in [5, 5.41) is 13.3. The van der Waals surface area contributed by atoms with Crippen LogP contribution in [-0.2, 0) is 0 Å². The second-order valence-electron chi connectivity index (χ2n) is 5.29. The molecule has 1 saturated carbocycles. The molecule has 19 heavy (non-hydrogen) atoms. The Morgan fingerprint density at radius 1 is 1.16 bits per heavy atom. The Labute approximate surface area is 114 Å². The summed E-state index contributed by atoms with van der Waals surface area (Å²) in [6.45, 7) is 1.71. The van der Waals surface area contributed by atoms with E-state index in [4.69, 9.17) is 0 Å². The highest BCUT2D eigenvalue weighted by molar-refractivity contribution is 7.18. The first-order chi connectivity index (χ1) is 9.33. The highest BCUT2D eigenvalue weighted by atomic mass is 32.1. The van der Waals surface area contributed by atoms with Gasteiger partial charge in [0.15, 0.2) is 5.82 Å². The molecule has 6 nitrogen and oxygen atoms in total. The minimum Gasteiger partial charge on any atom is -0.337 e. The van der Waals surface area contributed by atoms with Gasteiger partial charge in [-0.2, -0.15) is 4.52 Å². The van der Waals surface area contributed by atoms with Crippen molar-refractivity contribution in [2.75, 3.05) is 13.1 Å². The lowest BCUT2D eigenvalue weighted by Crippen LogP contribution is -2.35. The van der Waals surface area contributed by atoms with Crippen LogP contribution in [-0.4, -0.2) is 43.7 Å². The van der Waals surface area contributed by atoms with E-state index in [-0.39, 0.29) is 5.91 Å². The second-order valence-corrected chi connectivity index (χ2v) is 6.24. The van der Waals surface area contributed by atoms with Gasteiger partial charge in [0, 0.05) is 19.0 Å². The molecule has 0 aromatic carbocycles. The van der Waals surface area contributed by atoms with Crippen molar-refractivity contribution in [2.24, 2.45) is 0 Å². The molecular weight excluding hydrogens is 262 g/mol. The summed E-state index contributed by atoms with van der Waals surface area (Å²) in [7, 11) is 0. The van der Waals surface area contributed by atoms with Crippen LogP contribution in [0.3, 0.4) is 0 Å². The molecule has 4 rings (SSSR count). The van der Waals surface area contributed by atoms with Crippen LogP contribution in [0.15, 0.2) is 0 Å². The first-order valence-electron chi connectivity index (χ1n) is 6.84. The predicted octanol–water partition coefficient (Wildman–Crippen LogP) is 1.69. The molecule has 2 fully saturated rings. The molecule has 100 valence electrons. The molecule has 3 heterocycles. The van der Waals surface area contributed by atoms with Gasteiger partial charge in [0.25, 0.3) is 5.91 Å². The number of hydrogen-bond acceptors (Lipinski definition) is 5. The third-order valence-corrected chi connectivity index (χ3v) is 4.67. The van der Waals surface area contributed by atoms with Crippen LogP contribution >= 0.6 is 11.3 Å². The number of carbonyl (C=O) groups excluding carboxylic acids is 1. The fourth-order valence-electron chi connectivity index (χ4n) is 2.55. The minimum absolute atomic E-state index is 0.0527. The SMILES string of the molecule is O=C(c1nn2c(C3CC3)nnc2s1)N1CCCCC1. The predicted molar refractivity (Wildman–Crippen MR) is 70.4 cm³/mol. The molecule has 1 saturated heterocycles. The van der Waals surface area contributed by atoms with Crippen molar-refractivity contribution >= 4 is 22.2 Å². The van der Waals surface area contributed by atoms with Gasteiger partial charge in [-0.15, -0.1) is 15.3 Å². The zero-order valence-electron chi connectivity index (χ0n) is 10.6.